The Hall–Kier alpha value is -2.09. The number of likely N-dealkylation sites (tertiary alicyclic amines) is 1. The fourth-order valence-electron chi connectivity index (χ4n) is 2.84. The number of benzene rings is 1. The molecule has 1 aromatic carbocycles. The largest absolute Gasteiger partial charge is 0.493 e. The number of amides is 1. The molecule has 0 spiro atoms. The van der Waals surface area contributed by atoms with Crippen molar-refractivity contribution in [2.45, 2.75) is 37.1 Å². The normalized spacial score (nSPS) is 21.0. The minimum Gasteiger partial charge on any atom is -0.493 e. The molecule has 2 rings (SSSR count). The van der Waals surface area contributed by atoms with Crippen LogP contribution in [0.5, 0.6) is 5.75 Å². The third kappa shape index (κ3) is 5.19. The summed E-state index contributed by atoms with van der Waals surface area (Å²) < 4.78 is 28.3. The first-order chi connectivity index (χ1) is 11.7. The Bertz CT molecular complexity index is 728. The third-order valence-electron chi connectivity index (χ3n) is 4.39. The summed E-state index contributed by atoms with van der Waals surface area (Å²) in [6, 6.07) is 6.03. The molecule has 1 fully saturated rings. The number of carboxylic acids is 1. The Morgan fingerprint density at radius 1 is 1.24 bits per heavy atom. The summed E-state index contributed by atoms with van der Waals surface area (Å²) in [4.78, 5) is 25.3. The molecule has 0 aliphatic carbocycles. The number of sulfone groups is 1. The molecule has 2 atom stereocenters. The first-order valence-corrected chi connectivity index (χ1v) is 10.0. The molecule has 1 N–H and O–H groups in total. The molecule has 0 saturated carbocycles. The van der Waals surface area contributed by atoms with Gasteiger partial charge in [-0.15, -0.1) is 0 Å². The molecule has 7 nitrogen and oxygen atoms in total. The van der Waals surface area contributed by atoms with Crippen molar-refractivity contribution < 1.29 is 27.9 Å². The minimum absolute atomic E-state index is 0.0251. The number of nitrogens with zero attached hydrogens (tertiary/aromatic N) is 1. The number of hydrogen-bond donors (Lipinski definition) is 1. The zero-order valence-corrected chi connectivity index (χ0v) is 15.2. The van der Waals surface area contributed by atoms with Gasteiger partial charge in [-0.1, -0.05) is 0 Å². The summed E-state index contributed by atoms with van der Waals surface area (Å²) in [5, 5.41) is 9.12. The van der Waals surface area contributed by atoms with Crippen LogP contribution in [-0.2, 0) is 19.4 Å². The van der Waals surface area contributed by atoms with Crippen molar-refractivity contribution in [3.05, 3.63) is 24.3 Å². The zero-order valence-electron chi connectivity index (χ0n) is 14.3. The summed E-state index contributed by atoms with van der Waals surface area (Å²) in [6.45, 7) is 2.30. The zero-order chi connectivity index (χ0) is 18.6. The maximum atomic E-state index is 12.3. The maximum absolute atomic E-state index is 12.3. The van der Waals surface area contributed by atoms with Crippen molar-refractivity contribution >= 4 is 21.7 Å². The van der Waals surface area contributed by atoms with Crippen molar-refractivity contribution in [3.8, 4) is 5.75 Å². The highest BCUT2D eigenvalue weighted by atomic mass is 32.2. The lowest BCUT2D eigenvalue weighted by Gasteiger charge is -2.36. The molecule has 1 saturated heterocycles. The van der Waals surface area contributed by atoms with Crippen LogP contribution in [0.15, 0.2) is 29.2 Å². The van der Waals surface area contributed by atoms with Gasteiger partial charge in [0.2, 0.25) is 5.91 Å². The molecule has 1 heterocycles. The van der Waals surface area contributed by atoms with E-state index in [-0.39, 0.29) is 36.4 Å². The van der Waals surface area contributed by atoms with Gasteiger partial charge in [-0.25, -0.2) is 8.42 Å². The lowest BCUT2D eigenvalue weighted by atomic mass is 9.93. The van der Waals surface area contributed by atoms with Gasteiger partial charge in [-0.3, -0.25) is 9.59 Å². The molecule has 1 aliphatic heterocycles. The van der Waals surface area contributed by atoms with E-state index in [0.29, 0.717) is 18.6 Å². The quantitative estimate of drug-likeness (QED) is 0.817. The molecule has 138 valence electrons. The van der Waals surface area contributed by atoms with Crippen LogP contribution in [0.4, 0.5) is 0 Å². The third-order valence-corrected chi connectivity index (χ3v) is 5.52. The number of carbonyl (C=O) groups is 2. The molecule has 0 aromatic heterocycles. The van der Waals surface area contributed by atoms with E-state index >= 15 is 0 Å². The van der Waals surface area contributed by atoms with Gasteiger partial charge in [-0.05, 0) is 44.0 Å². The maximum Gasteiger partial charge on any atom is 0.308 e. The van der Waals surface area contributed by atoms with E-state index < -0.39 is 21.7 Å². The van der Waals surface area contributed by atoms with Gasteiger partial charge in [0.05, 0.1) is 23.8 Å². The number of rotatable bonds is 6. The monoisotopic (exact) mass is 369 g/mol. The molecule has 25 heavy (non-hydrogen) atoms. The predicted octanol–water partition coefficient (Wildman–Crippen LogP) is 1.57. The van der Waals surface area contributed by atoms with Crippen LogP contribution in [0.3, 0.4) is 0 Å². The van der Waals surface area contributed by atoms with E-state index in [1.54, 1.807) is 17.0 Å². The Morgan fingerprint density at radius 2 is 1.88 bits per heavy atom. The van der Waals surface area contributed by atoms with E-state index in [1.165, 1.54) is 12.1 Å². The lowest BCUT2D eigenvalue weighted by Crippen LogP contribution is -2.47. The van der Waals surface area contributed by atoms with E-state index in [9.17, 15) is 18.0 Å². The number of aliphatic carboxylic acids is 1. The molecule has 0 radical (unpaired) electrons. The summed E-state index contributed by atoms with van der Waals surface area (Å²) in [5.41, 5.74) is 0. The highest BCUT2D eigenvalue weighted by molar-refractivity contribution is 7.90. The van der Waals surface area contributed by atoms with Gasteiger partial charge in [0.15, 0.2) is 9.84 Å². The first-order valence-electron chi connectivity index (χ1n) is 8.13. The van der Waals surface area contributed by atoms with Crippen molar-refractivity contribution in [1.29, 1.82) is 0 Å². The summed E-state index contributed by atoms with van der Waals surface area (Å²) in [7, 11) is -3.25. The van der Waals surface area contributed by atoms with Gasteiger partial charge in [0, 0.05) is 18.8 Å². The van der Waals surface area contributed by atoms with Crippen LogP contribution in [0.25, 0.3) is 0 Å². The molecule has 0 bridgehead atoms. The lowest BCUT2D eigenvalue weighted by molar-refractivity contribution is -0.147. The molecule has 1 amide bonds. The minimum atomic E-state index is -3.25. The van der Waals surface area contributed by atoms with E-state index in [4.69, 9.17) is 9.84 Å². The van der Waals surface area contributed by atoms with Crippen LogP contribution in [0.1, 0.15) is 26.2 Å². The molecule has 8 heteroatoms. The Labute approximate surface area is 147 Å². The fraction of sp³-hybridized carbons (Fsp3) is 0.529. The molecular formula is C17H23NO6S. The topological polar surface area (TPSA) is 101 Å². The Morgan fingerprint density at radius 3 is 2.44 bits per heavy atom. The van der Waals surface area contributed by atoms with Crippen LogP contribution in [0.2, 0.25) is 0 Å². The molecule has 1 aromatic rings. The number of ether oxygens (including phenoxy) is 1. The van der Waals surface area contributed by atoms with E-state index in [0.717, 1.165) is 6.26 Å². The van der Waals surface area contributed by atoms with E-state index in [1.807, 2.05) is 6.92 Å². The second-order valence-corrected chi connectivity index (χ2v) is 8.37. The first kappa shape index (κ1) is 19.2. The summed E-state index contributed by atoms with van der Waals surface area (Å²) in [5.74, 6) is -1.03. The number of carbonyl (C=O) groups excluding carboxylic acids is 1. The van der Waals surface area contributed by atoms with Gasteiger partial charge in [0.25, 0.3) is 0 Å². The Balaban J connectivity index is 1.86. The Kier molecular flexibility index (Phi) is 6.05. The van der Waals surface area contributed by atoms with Crippen LogP contribution >= 0.6 is 0 Å². The molecule has 1 aliphatic rings. The van der Waals surface area contributed by atoms with Crippen molar-refractivity contribution in [3.63, 3.8) is 0 Å². The second-order valence-electron chi connectivity index (χ2n) is 6.35. The van der Waals surface area contributed by atoms with E-state index in [2.05, 4.69) is 0 Å². The second kappa shape index (κ2) is 7.86. The average Bonchev–Trinajstić information content (AvgIpc) is 2.54. The highest BCUT2D eigenvalue weighted by Crippen LogP contribution is 2.23. The smallest absolute Gasteiger partial charge is 0.308 e. The van der Waals surface area contributed by atoms with Crippen LogP contribution in [-0.4, -0.2) is 55.7 Å². The summed E-state index contributed by atoms with van der Waals surface area (Å²) in [6.07, 6.45) is 2.54. The number of hydrogen-bond acceptors (Lipinski definition) is 5. The standard InChI is InChI=1S/C17H23NO6S/c1-12-3-4-13(17(20)21)11-18(12)16(19)9-10-24-14-5-7-15(8-6-14)25(2,22)23/h5-8,12-13H,3-4,9-11H2,1-2H3,(H,20,21)/t12-,13+/m1/s1. The molecular weight excluding hydrogens is 346 g/mol. The summed E-state index contributed by atoms with van der Waals surface area (Å²) >= 11 is 0. The van der Waals surface area contributed by atoms with Crippen molar-refractivity contribution in [2.75, 3.05) is 19.4 Å². The van der Waals surface area contributed by atoms with Crippen LogP contribution < -0.4 is 4.74 Å². The fourth-order valence-corrected chi connectivity index (χ4v) is 3.47. The van der Waals surface area contributed by atoms with Gasteiger partial charge in [-0.2, -0.15) is 0 Å². The average molecular weight is 369 g/mol. The SMILES string of the molecule is C[C@@H]1CC[C@H](C(=O)O)CN1C(=O)CCOc1ccc(S(C)(=O)=O)cc1. The van der Waals surface area contributed by atoms with Gasteiger partial charge >= 0.3 is 5.97 Å². The number of carboxylic acid groups (broad SMARTS) is 1. The van der Waals surface area contributed by atoms with Crippen molar-refractivity contribution in [1.82, 2.24) is 4.90 Å². The number of piperidine rings is 1. The van der Waals surface area contributed by atoms with Crippen molar-refractivity contribution in [2.24, 2.45) is 5.92 Å². The van der Waals surface area contributed by atoms with Crippen LogP contribution in [0, 0.1) is 5.92 Å². The van der Waals surface area contributed by atoms with Gasteiger partial charge in [0.1, 0.15) is 5.75 Å². The highest BCUT2D eigenvalue weighted by Gasteiger charge is 2.32. The van der Waals surface area contributed by atoms with Gasteiger partial charge < -0.3 is 14.7 Å². The molecule has 0 unspecified atom stereocenters. The predicted molar refractivity (Wildman–Crippen MR) is 91.2 cm³/mol.